The summed E-state index contributed by atoms with van der Waals surface area (Å²) in [7, 11) is 2.72. The number of pyridine rings is 1. The highest BCUT2D eigenvalue weighted by Crippen LogP contribution is 2.25. The van der Waals surface area contributed by atoms with Crippen LogP contribution in [-0.4, -0.2) is 59.0 Å². The second-order valence-corrected chi connectivity index (χ2v) is 8.79. The van der Waals surface area contributed by atoms with Gasteiger partial charge in [-0.05, 0) is 19.1 Å². The van der Waals surface area contributed by atoms with Crippen LogP contribution >= 0.6 is 0 Å². The summed E-state index contributed by atoms with van der Waals surface area (Å²) in [5.41, 5.74) is -0.829. The first-order valence-electron chi connectivity index (χ1n) is 11.6. The molecule has 0 saturated carbocycles. The number of halogens is 2. The molecule has 0 bridgehead atoms. The van der Waals surface area contributed by atoms with E-state index < -0.39 is 47.3 Å². The van der Waals surface area contributed by atoms with Crippen LogP contribution in [-0.2, 0) is 33.8 Å². The summed E-state index contributed by atoms with van der Waals surface area (Å²) >= 11 is 0. The van der Waals surface area contributed by atoms with E-state index in [1.54, 1.807) is 12.1 Å². The quantitative estimate of drug-likeness (QED) is 0.329. The predicted octanol–water partition coefficient (Wildman–Crippen LogP) is 1.28. The molecule has 0 radical (unpaired) electrons. The highest BCUT2D eigenvalue weighted by molar-refractivity contribution is 5.93. The fourth-order valence-corrected chi connectivity index (χ4v) is 3.81. The monoisotopic (exact) mass is 542 g/mol. The van der Waals surface area contributed by atoms with Gasteiger partial charge < -0.3 is 14.6 Å². The molecular formula is C24H24F2N8O5. The number of nitrogens with zero attached hydrogens (tertiary/aromatic N) is 7. The molecule has 0 aliphatic carbocycles. The molecule has 204 valence electrons. The third kappa shape index (κ3) is 5.47. The second-order valence-electron chi connectivity index (χ2n) is 8.79. The summed E-state index contributed by atoms with van der Waals surface area (Å²) < 4.78 is 34.8. The van der Waals surface area contributed by atoms with Crippen LogP contribution in [0.4, 0.5) is 14.6 Å². The molecule has 4 heterocycles. The van der Waals surface area contributed by atoms with Crippen molar-refractivity contribution < 1.29 is 23.1 Å². The summed E-state index contributed by atoms with van der Waals surface area (Å²) in [6, 6.07) is 3.73. The van der Waals surface area contributed by atoms with Crippen molar-refractivity contribution in [3.05, 3.63) is 63.6 Å². The Balaban J connectivity index is 1.62. The molecule has 0 aliphatic rings. The molecule has 13 nitrogen and oxygen atoms in total. The SMILES string of the molecule is COCC(=O)Cn1c(=O)c2c(ncn2[C@@H](C)C(=O)Nc2cccc(-c3cnc(C(C)(F)F)nc3)n2)n(C)c1=O. The normalized spacial score (nSPS) is 12.5. The maximum atomic E-state index is 13.4. The van der Waals surface area contributed by atoms with Gasteiger partial charge in [0.1, 0.15) is 18.5 Å². The summed E-state index contributed by atoms with van der Waals surface area (Å²) in [5, 5.41) is 2.64. The topological polar surface area (TPSA) is 156 Å². The molecule has 4 rings (SSSR count). The molecule has 15 heteroatoms. The predicted molar refractivity (Wildman–Crippen MR) is 134 cm³/mol. The van der Waals surface area contributed by atoms with E-state index in [2.05, 4.69) is 25.3 Å². The minimum Gasteiger partial charge on any atom is -0.377 e. The van der Waals surface area contributed by atoms with E-state index in [-0.39, 0.29) is 23.6 Å². The van der Waals surface area contributed by atoms with E-state index in [4.69, 9.17) is 4.74 Å². The number of Topliss-reactive ketones (excluding diaryl/α,β-unsaturated/α-hetero) is 1. The first kappa shape index (κ1) is 27.4. The molecule has 0 aliphatic heterocycles. The zero-order valence-corrected chi connectivity index (χ0v) is 21.4. The van der Waals surface area contributed by atoms with Gasteiger partial charge in [0, 0.05) is 39.0 Å². The number of rotatable bonds is 9. The lowest BCUT2D eigenvalue weighted by Crippen LogP contribution is -2.42. The van der Waals surface area contributed by atoms with Gasteiger partial charge in [0.25, 0.3) is 5.56 Å². The van der Waals surface area contributed by atoms with Crippen molar-refractivity contribution in [2.75, 3.05) is 19.0 Å². The van der Waals surface area contributed by atoms with Crippen molar-refractivity contribution in [2.24, 2.45) is 7.05 Å². The Hall–Kier alpha value is -4.66. The van der Waals surface area contributed by atoms with Crippen molar-refractivity contribution in [1.29, 1.82) is 0 Å². The number of imidazole rings is 1. The van der Waals surface area contributed by atoms with Gasteiger partial charge in [-0.15, -0.1) is 0 Å². The third-order valence-corrected chi connectivity index (χ3v) is 5.83. The van der Waals surface area contributed by atoms with Crippen LogP contribution in [0.5, 0.6) is 0 Å². The minimum absolute atomic E-state index is 0.0429. The van der Waals surface area contributed by atoms with Crippen LogP contribution in [0.3, 0.4) is 0 Å². The number of ether oxygens (including phenoxy) is 1. The van der Waals surface area contributed by atoms with Gasteiger partial charge in [-0.2, -0.15) is 8.78 Å². The molecule has 0 unspecified atom stereocenters. The van der Waals surface area contributed by atoms with Crippen molar-refractivity contribution in [1.82, 2.24) is 33.6 Å². The lowest BCUT2D eigenvalue weighted by molar-refractivity contribution is -0.123. The molecular weight excluding hydrogens is 518 g/mol. The standard InChI is InChI=1S/C24H24F2N8O5/c1-13(34-12-29-19-18(34)21(37)33(23(38)32(19)3)10-15(35)11-39-4)20(36)31-17-7-5-6-16(30-17)14-8-27-22(28-9-14)24(2,25)26/h5-9,12-13H,10-11H2,1-4H3,(H,30,31,36)/t13-/m0/s1. The largest absolute Gasteiger partial charge is 0.377 e. The van der Waals surface area contributed by atoms with E-state index in [0.29, 0.717) is 18.2 Å². The van der Waals surface area contributed by atoms with Crippen molar-refractivity contribution >= 4 is 28.7 Å². The van der Waals surface area contributed by atoms with Crippen LogP contribution in [0.2, 0.25) is 0 Å². The molecule has 4 aromatic heterocycles. The van der Waals surface area contributed by atoms with Gasteiger partial charge in [0.05, 0.1) is 18.6 Å². The van der Waals surface area contributed by atoms with E-state index in [0.717, 1.165) is 9.13 Å². The Morgan fingerprint density at radius 3 is 2.49 bits per heavy atom. The van der Waals surface area contributed by atoms with Crippen molar-refractivity contribution in [2.45, 2.75) is 32.4 Å². The van der Waals surface area contributed by atoms with Crippen LogP contribution in [0.25, 0.3) is 22.4 Å². The number of carbonyl (C=O) groups excluding carboxylic acids is 2. The number of anilines is 1. The van der Waals surface area contributed by atoms with Crippen LogP contribution in [0.15, 0.2) is 46.5 Å². The van der Waals surface area contributed by atoms with Gasteiger partial charge in [-0.1, -0.05) is 6.07 Å². The van der Waals surface area contributed by atoms with Gasteiger partial charge in [0.2, 0.25) is 5.91 Å². The molecule has 0 aromatic carbocycles. The maximum Gasteiger partial charge on any atom is 0.332 e. The number of carbonyl (C=O) groups is 2. The van der Waals surface area contributed by atoms with E-state index in [1.807, 2.05) is 0 Å². The number of hydrogen-bond donors (Lipinski definition) is 1. The molecule has 1 N–H and O–H groups in total. The van der Waals surface area contributed by atoms with Crippen LogP contribution in [0, 0.1) is 0 Å². The molecule has 0 spiro atoms. The average molecular weight is 543 g/mol. The molecule has 1 amide bonds. The van der Waals surface area contributed by atoms with Gasteiger partial charge in [-0.3, -0.25) is 23.5 Å². The highest BCUT2D eigenvalue weighted by atomic mass is 19.3. The first-order valence-corrected chi connectivity index (χ1v) is 11.6. The number of alkyl halides is 2. The van der Waals surface area contributed by atoms with Crippen molar-refractivity contribution in [3.63, 3.8) is 0 Å². The van der Waals surface area contributed by atoms with E-state index in [9.17, 15) is 28.0 Å². The van der Waals surface area contributed by atoms with Gasteiger partial charge in [0.15, 0.2) is 22.8 Å². The summed E-state index contributed by atoms with van der Waals surface area (Å²) in [6.45, 7) is 1.43. The number of hydrogen-bond acceptors (Lipinski definition) is 9. The number of fused-ring (bicyclic) bond motifs is 1. The van der Waals surface area contributed by atoms with Crippen LogP contribution in [0.1, 0.15) is 25.7 Å². The summed E-state index contributed by atoms with van der Waals surface area (Å²) in [4.78, 5) is 66.8. The third-order valence-electron chi connectivity index (χ3n) is 5.83. The lowest BCUT2D eigenvalue weighted by Gasteiger charge is -2.15. The number of aromatic nitrogens is 7. The van der Waals surface area contributed by atoms with E-state index >= 15 is 0 Å². The number of methoxy groups -OCH3 is 1. The molecule has 0 saturated heterocycles. The zero-order valence-electron chi connectivity index (χ0n) is 21.4. The Kier molecular flexibility index (Phi) is 7.44. The summed E-state index contributed by atoms with van der Waals surface area (Å²) in [5.74, 6) is -4.72. The molecule has 0 fully saturated rings. The number of nitrogens with one attached hydrogen (secondary N) is 1. The minimum atomic E-state index is -3.19. The molecule has 4 aromatic rings. The Bertz CT molecular complexity index is 1670. The first-order chi connectivity index (χ1) is 18.4. The Morgan fingerprint density at radius 1 is 1.15 bits per heavy atom. The average Bonchev–Trinajstić information content (AvgIpc) is 3.35. The fraction of sp³-hybridized carbons (Fsp3) is 0.333. The maximum absolute atomic E-state index is 13.4. The number of amides is 1. The Labute approximate surface area is 219 Å². The second kappa shape index (κ2) is 10.6. The van der Waals surface area contributed by atoms with Gasteiger partial charge in [-0.25, -0.2) is 24.7 Å². The summed E-state index contributed by atoms with van der Waals surface area (Å²) in [6.07, 6.45) is 3.67. The Morgan fingerprint density at radius 2 is 1.85 bits per heavy atom. The zero-order chi connectivity index (χ0) is 28.5. The highest BCUT2D eigenvalue weighted by Gasteiger charge is 2.28. The smallest absolute Gasteiger partial charge is 0.332 e. The molecule has 1 atom stereocenters. The molecule has 39 heavy (non-hydrogen) atoms. The number of aryl methyl sites for hydroxylation is 1. The van der Waals surface area contributed by atoms with Crippen molar-refractivity contribution in [3.8, 4) is 11.3 Å². The number of ketones is 1. The van der Waals surface area contributed by atoms with E-state index in [1.165, 1.54) is 50.4 Å². The lowest BCUT2D eigenvalue weighted by atomic mass is 10.2. The fourth-order valence-electron chi connectivity index (χ4n) is 3.81. The van der Waals surface area contributed by atoms with Gasteiger partial charge >= 0.3 is 11.6 Å². The van der Waals surface area contributed by atoms with Crippen LogP contribution < -0.4 is 16.6 Å².